The summed E-state index contributed by atoms with van der Waals surface area (Å²) in [4.78, 5) is 24.4. The molecule has 1 saturated heterocycles. The van der Waals surface area contributed by atoms with E-state index in [2.05, 4.69) is 15.6 Å². The summed E-state index contributed by atoms with van der Waals surface area (Å²) >= 11 is 0. The molecule has 3 N–H and O–H groups in total. The van der Waals surface area contributed by atoms with E-state index in [9.17, 15) is 9.90 Å². The van der Waals surface area contributed by atoms with Crippen molar-refractivity contribution in [2.75, 3.05) is 23.3 Å². The number of anilines is 2. The minimum absolute atomic E-state index is 0.119. The van der Waals surface area contributed by atoms with Crippen molar-refractivity contribution in [2.45, 2.75) is 75.0 Å². The first-order chi connectivity index (χ1) is 12.5. The number of nitrogens with zero attached hydrogens (tertiary/aromatic N) is 3. The van der Waals surface area contributed by atoms with Crippen LogP contribution in [0, 0.1) is 0 Å². The molecule has 2 aliphatic heterocycles. The third kappa shape index (κ3) is 2.36. The van der Waals surface area contributed by atoms with Crippen LogP contribution in [0.15, 0.2) is 6.20 Å². The second kappa shape index (κ2) is 5.63. The van der Waals surface area contributed by atoms with Gasteiger partial charge >= 0.3 is 0 Å². The average molecular weight is 357 g/mol. The summed E-state index contributed by atoms with van der Waals surface area (Å²) in [5, 5.41) is 17.6. The van der Waals surface area contributed by atoms with Gasteiger partial charge in [-0.1, -0.05) is 0 Å². The van der Waals surface area contributed by atoms with Crippen molar-refractivity contribution < 1.29 is 9.90 Å². The summed E-state index contributed by atoms with van der Waals surface area (Å²) in [5.41, 5.74) is -0.302. The lowest BCUT2D eigenvalue weighted by Gasteiger charge is -2.34. The Morgan fingerprint density at radius 3 is 2.69 bits per heavy atom. The molecule has 1 aromatic heterocycles. The zero-order valence-electron chi connectivity index (χ0n) is 15.3. The highest BCUT2D eigenvalue weighted by atomic mass is 16.3. The fraction of sp³-hybridized carbons (Fsp3) is 0.737. The summed E-state index contributed by atoms with van der Waals surface area (Å²) in [5.74, 6) is 1.45. The zero-order valence-corrected chi connectivity index (χ0v) is 15.3. The van der Waals surface area contributed by atoms with Crippen molar-refractivity contribution in [2.24, 2.45) is 0 Å². The monoisotopic (exact) mass is 357 g/mol. The first-order valence-corrected chi connectivity index (χ1v) is 9.92. The second-order valence-electron chi connectivity index (χ2n) is 8.62. The van der Waals surface area contributed by atoms with Crippen molar-refractivity contribution in [3.05, 3.63) is 11.8 Å². The number of carbonyl (C=O) groups is 1. The molecule has 3 fully saturated rings. The SMILES string of the molecule is C[C@@]1(O)CCC[C@H]1N1C(=O)C2(CC2)c2cnc(NC3CCNCC3)nc21. The van der Waals surface area contributed by atoms with E-state index in [-0.39, 0.29) is 11.9 Å². The van der Waals surface area contributed by atoms with Gasteiger partial charge in [-0.2, -0.15) is 4.98 Å². The molecule has 4 aliphatic rings. The molecular weight excluding hydrogens is 330 g/mol. The highest BCUT2D eigenvalue weighted by Crippen LogP contribution is 2.58. The topological polar surface area (TPSA) is 90.4 Å². The first-order valence-electron chi connectivity index (χ1n) is 9.92. The maximum atomic E-state index is 13.2. The van der Waals surface area contributed by atoms with Crippen molar-refractivity contribution in [1.29, 1.82) is 0 Å². The van der Waals surface area contributed by atoms with E-state index >= 15 is 0 Å². The maximum Gasteiger partial charge on any atom is 0.239 e. The van der Waals surface area contributed by atoms with E-state index in [1.165, 1.54) is 0 Å². The van der Waals surface area contributed by atoms with Crippen molar-refractivity contribution in [3.63, 3.8) is 0 Å². The Hall–Kier alpha value is -1.73. The predicted molar refractivity (Wildman–Crippen MR) is 98.2 cm³/mol. The van der Waals surface area contributed by atoms with Crippen LogP contribution in [0.2, 0.25) is 0 Å². The van der Waals surface area contributed by atoms with E-state index in [1.54, 1.807) is 0 Å². The standard InChI is InChI=1S/C19H27N5O2/c1-18(26)6-2-3-14(18)24-15-13(19(7-8-19)16(24)25)11-21-17(23-15)22-12-4-9-20-10-5-12/h11-12,14,20,26H,2-10H2,1H3,(H,21,22,23)/t14-,18-/m1/s1. The highest BCUT2D eigenvalue weighted by Gasteiger charge is 2.63. The van der Waals surface area contributed by atoms with Crippen LogP contribution in [0.4, 0.5) is 11.8 Å². The molecule has 0 radical (unpaired) electrons. The van der Waals surface area contributed by atoms with Gasteiger partial charge < -0.3 is 15.7 Å². The lowest BCUT2D eigenvalue weighted by Crippen LogP contribution is -2.50. The molecule has 2 aliphatic carbocycles. The number of nitrogens with one attached hydrogen (secondary N) is 2. The van der Waals surface area contributed by atoms with Gasteiger partial charge in [-0.25, -0.2) is 4.98 Å². The van der Waals surface area contributed by atoms with Gasteiger partial charge in [0.25, 0.3) is 0 Å². The Bertz CT molecular complexity index is 739. The van der Waals surface area contributed by atoms with Gasteiger partial charge in [-0.15, -0.1) is 0 Å². The molecule has 7 heteroatoms. The Morgan fingerprint density at radius 2 is 2.04 bits per heavy atom. The quantitative estimate of drug-likeness (QED) is 0.756. The first kappa shape index (κ1) is 16.4. The van der Waals surface area contributed by atoms with Crippen LogP contribution in [0.25, 0.3) is 0 Å². The van der Waals surface area contributed by atoms with Crippen LogP contribution in [-0.2, 0) is 10.2 Å². The molecule has 1 amide bonds. The summed E-state index contributed by atoms with van der Waals surface area (Å²) in [6.45, 7) is 3.85. The number of amides is 1. The second-order valence-corrected chi connectivity index (χ2v) is 8.62. The molecule has 1 spiro atoms. The molecular formula is C19H27N5O2. The largest absolute Gasteiger partial charge is 0.388 e. The summed E-state index contributed by atoms with van der Waals surface area (Å²) in [6.07, 6.45) is 8.18. The minimum Gasteiger partial charge on any atom is -0.388 e. The van der Waals surface area contributed by atoms with E-state index < -0.39 is 11.0 Å². The molecule has 0 unspecified atom stereocenters. The van der Waals surface area contributed by atoms with E-state index in [4.69, 9.17) is 4.98 Å². The molecule has 26 heavy (non-hydrogen) atoms. The van der Waals surface area contributed by atoms with Crippen molar-refractivity contribution >= 4 is 17.7 Å². The molecule has 2 saturated carbocycles. The van der Waals surface area contributed by atoms with Gasteiger partial charge in [-0.3, -0.25) is 9.69 Å². The number of rotatable bonds is 3. The number of fused-ring (bicyclic) bond motifs is 2. The fourth-order valence-electron chi connectivity index (χ4n) is 4.99. The number of hydrogen-bond donors (Lipinski definition) is 3. The molecule has 5 rings (SSSR count). The van der Waals surface area contributed by atoms with Crippen LogP contribution in [0.3, 0.4) is 0 Å². The minimum atomic E-state index is -0.846. The van der Waals surface area contributed by atoms with Crippen LogP contribution in [0.1, 0.15) is 57.4 Å². The third-order valence-electron chi connectivity index (χ3n) is 6.75. The van der Waals surface area contributed by atoms with Gasteiger partial charge in [0.05, 0.1) is 17.1 Å². The fourth-order valence-corrected chi connectivity index (χ4v) is 4.99. The Morgan fingerprint density at radius 1 is 1.27 bits per heavy atom. The average Bonchev–Trinajstić information content (AvgIpc) is 3.31. The lowest BCUT2D eigenvalue weighted by molar-refractivity contribution is -0.121. The van der Waals surface area contributed by atoms with E-state index in [0.717, 1.165) is 69.4 Å². The van der Waals surface area contributed by atoms with E-state index in [0.29, 0.717) is 12.0 Å². The van der Waals surface area contributed by atoms with Crippen LogP contribution < -0.4 is 15.5 Å². The van der Waals surface area contributed by atoms with Gasteiger partial charge in [-0.05, 0) is 65.0 Å². The van der Waals surface area contributed by atoms with Crippen LogP contribution in [-0.4, -0.2) is 51.8 Å². The van der Waals surface area contributed by atoms with Gasteiger partial charge in [0.15, 0.2) is 0 Å². The molecule has 3 heterocycles. The Kier molecular flexibility index (Phi) is 3.56. The zero-order chi connectivity index (χ0) is 17.9. The molecule has 7 nitrogen and oxygen atoms in total. The lowest BCUT2D eigenvalue weighted by atomic mass is 9.98. The highest BCUT2D eigenvalue weighted by molar-refractivity contribution is 6.09. The predicted octanol–water partition coefficient (Wildman–Crippen LogP) is 1.32. The normalized spacial score (nSPS) is 32.9. The Balaban J connectivity index is 1.49. The van der Waals surface area contributed by atoms with Crippen molar-refractivity contribution in [3.8, 4) is 0 Å². The summed E-state index contributed by atoms with van der Waals surface area (Å²) in [6, 6.07) is 0.180. The number of hydrogen-bond acceptors (Lipinski definition) is 6. The Labute approximate surface area is 153 Å². The van der Waals surface area contributed by atoms with Crippen LogP contribution in [0.5, 0.6) is 0 Å². The molecule has 140 valence electrons. The smallest absolute Gasteiger partial charge is 0.239 e. The molecule has 2 atom stereocenters. The van der Waals surface area contributed by atoms with Gasteiger partial charge in [0.2, 0.25) is 11.9 Å². The molecule has 0 bridgehead atoms. The number of aromatic nitrogens is 2. The molecule has 1 aromatic rings. The van der Waals surface area contributed by atoms with E-state index in [1.807, 2.05) is 18.0 Å². The number of aliphatic hydroxyl groups is 1. The number of carbonyl (C=O) groups excluding carboxylic acids is 1. The van der Waals surface area contributed by atoms with Gasteiger partial charge in [0.1, 0.15) is 5.82 Å². The maximum absolute atomic E-state index is 13.2. The van der Waals surface area contributed by atoms with Crippen LogP contribution >= 0.6 is 0 Å². The summed E-state index contributed by atoms with van der Waals surface area (Å²) < 4.78 is 0. The number of piperidine rings is 1. The van der Waals surface area contributed by atoms with Gasteiger partial charge in [0, 0.05) is 17.8 Å². The molecule has 0 aromatic carbocycles. The summed E-state index contributed by atoms with van der Waals surface area (Å²) in [7, 11) is 0. The third-order valence-corrected chi connectivity index (χ3v) is 6.75. The van der Waals surface area contributed by atoms with Crippen molar-refractivity contribution in [1.82, 2.24) is 15.3 Å².